The van der Waals surface area contributed by atoms with Crippen LogP contribution in [0.5, 0.6) is 5.75 Å². The van der Waals surface area contributed by atoms with Crippen LogP contribution in [0.3, 0.4) is 0 Å². The summed E-state index contributed by atoms with van der Waals surface area (Å²) in [6, 6.07) is 17.3. The zero-order chi connectivity index (χ0) is 21.4. The van der Waals surface area contributed by atoms with Crippen LogP contribution in [0.2, 0.25) is 0 Å². The molecule has 1 saturated heterocycles. The summed E-state index contributed by atoms with van der Waals surface area (Å²) in [6.07, 6.45) is 2.40. The van der Waals surface area contributed by atoms with E-state index in [0.29, 0.717) is 50.4 Å². The maximum absolute atomic E-state index is 12.7. The van der Waals surface area contributed by atoms with Crippen LogP contribution in [0.1, 0.15) is 31.7 Å². The molecule has 0 unspecified atom stereocenters. The lowest BCUT2D eigenvalue weighted by atomic mass is 9.97. The maximum Gasteiger partial charge on any atom is 0.227 e. The fraction of sp³-hybridized carbons (Fsp3) is 0.435. The van der Waals surface area contributed by atoms with Gasteiger partial charge < -0.3 is 10.1 Å². The number of ether oxygens (including phenoxy) is 1. The van der Waals surface area contributed by atoms with E-state index in [9.17, 15) is 13.2 Å². The topological polar surface area (TPSA) is 75.7 Å². The van der Waals surface area contributed by atoms with Gasteiger partial charge in [-0.25, -0.2) is 12.7 Å². The van der Waals surface area contributed by atoms with E-state index in [2.05, 4.69) is 5.32 Å². The second kappa shape index (κ2) is 10.6. The Bertz CT molecular complexity index is 923. The van der Waals surface area contributed by atoms with Gasteiger partial charge in [0.1, 0.15) is 5.75 Å². The number of benzene rings is 2. The molecule has 1 aliphatic rings. The van der Waals surface area contributed by atoms with E-state index < -0.39 is 10.0 Å². The molecule has 0 radical (unpaired) electrons. The van der Waals surface area contributed by atoms with Gasteiger partial charge in [-0.1, -0.05) is 42.5 Å². The summed E-state index contributed by atoms with van der Waals surface area (Å²) in [7, 11) is -3.29. The fourth-order valence-electron chi connectivity index (χ4n) is 3.71. The Morgan fingerprint density at radius 3 is 2.43 bits per heavy atom. The first-order valence-electron chi connectivity index (χ1n) is 10.5. The molecular formula is C23H30N2O4S. The molecule has 30 heavy (non-hydrogen) atoms. The molecule has 1 N–H and O–H groups in total. The van der Waals surface area contributed by atoms with Crippen LogP contribution in [-0.4, -0.2) is 44.1 Å². The Hall–Kier alpha value is -2.38. The van der Waals surface area contributed by atoms with Crippen molar-refractivity contribution in [1.29, 1.82) is 0 Å². The fourth-order valence-corrected chi connectivity index (χ4v) is 5.25. The van der Waals surface area contributed by atoms with Crippen molar-refractivity contribution in [3.05, 3.63) is 60.2 Å². The van der Waals surface area contributed by atoms with Crippen LogP contribution >= 0.6 is 0 Å². The number of nitrogens with one attached hydrogen (secondary N) is 1. The van der Waals surface area contributed by atoms with Crippen molar-refractivity contribution >= 4 is 21.6 Å². The number of carbonyl (C=O) groups is 1. The van der Waals surface area contributed by atoms with Crippen LogP contribution < -0.4 is 10.1 Å². The molecule has 3 rings (SSSR count). The molecule has 1 fully saturated rings. The molecule has 6 nitrogen and oxygen atoms in total. The summed E-state index contributed by atoms with van der Waals surface area (Å²) in [5, 5.41) is 2.94. The van der Waals surface area contributed by atoms with Gasteiger partial charge in [0.25, 0.3) is 0 Å². The Kier molecular flexibility index (Phi) is 7.87. The van der Waals surface area contributed by atoms with Crippen LogP contribution in [0.15, 0.2) is 54.6 Å². The third-order valence-electron chi connectivity index (χ3n) is 5.37. The summed E-state index contributed by atoms with van der Waals surface area (Å²) in [5.74, 6) is 0.506. The van der Waals surface area contributed by atoms with Gasteiger partial charge >= 0.3 is 0 Å². The second-order valence-corrected chi connectivity index (χ2v) is 9.59. The standard InChI is InChI=1S/C23H30N2O4S/c1-2-29-22-13-7-6-12-21(22)24-23(26)20-14-16-25(17-15-20)30(27,28)18-8-11-19-9-4-3-5-10-19/h3-7,9-10,12-13,20H,2,8,11,14-18H2,1H3,(H,24,26). The number of amides is 1. The van der Waals surface area contributed by atoms with Crippen molar-refractivity contribution in [3.63, 3.8) is 0 Å². The smallest absolute Gasteiger partial charge is 0.227 e. The van der Waals surface area contributed by atoms with Crippen LogP contribution in [0.25, 0.3) is 0 Å². The molecule has 7 heteroatoms. The maximum atomic E-state index is 12.7. The second-order valence-electron chi connectivity index (χ2n) is 7.50. The number of sulfonamides is 1. The number of hydrogen-bond donors (Lipinski definition) is 1. The van der Waals surface area contributed by atoms with Crippen LogP contribution in [0, 0.1) is 5.92 Å². The Balaban J connectivity index is 1.48. The first-order chi connectivity index (χ1) is 14.5. The molecule has 0 atom stereocenters. The van der Waals surface area contributed by atoms with Gasteiger partial charge in [0.2, 0.25) is 15.9 Å². The minimum atomic E-state index is -3.29. The SMILES string of the molecule is CCOc1ccccc1NC(=O)C1CCN(S(=O)(=O)CCCc2ccccc2)CC1. The highest BCUT2D eigenvalue weighted by molar-refractivity contribution is 7.89. The molecule has 2 aromatic carbocycles. The average molecular weight is 431 g/mol. The largest absolute Gasteiger partial charge is 0.492 e. The quantitative estimate of drug-likeness (QED) is 0.658. The highest BCUT2D eigenvalue weighted by Crippen LogP contribution is 2.27. The van der Waals surface area contributed by atoms with Gasteiger partial charge in [-0.05, 0) is 50.3 Å². The molecule has 0 aliphatic carbocycles. The number of para-hydroxylation sites is 2. The van der Waals surface area contributed by atoms with E-state index in [0.717, 1.165) is 12.0 Å². The number of nitrogens with zero attached hydrogens (tertiary/aromatic N) is 1. The lowest BCUT2D eigenvalue weighted by molar-refractivity contribution is -0.120. The highest BCUT2D eigenvalue weighted by Gasteiger charge is 2.31. The predicted octanol–water partition coefficient (Wildman–Crippen LogP) is 3.70. The first-order valence-corrected chi connectivity index (χ1v) is 12.1. The summed E-state index contributed by atoms with van der Waals surface area (Å²) >= 11 is 0. The van der Waals surface area contributed by atoms with Gasteiger partial charge in [0.15, 0.2) is 0 Å². The molecule has 162 valence electrons. The summed E-state index contributed by atoms with van der Waals surface area (Å²) in [4.78, 5) is 12.7. The summed E-state index contributed by atoms with van der Waals surface area (Å²) in [6.45, 7) is 3.19. The summed E-state index contributed by atoms with van der Waals surface area (Å²) < 4.78 is 32.4. The van der Waals surface area contributed by atoms with Crippen LogP contribution in [0.4, 0.5) is 5.69 Å². The number of piperidine rings is 1. The zero-order valence-electron chi connectivity index (χ0n) is 17.4. The molecule has 0 spiro atoms. The van der Waals surface area contributed by atoms with E-state index in [1.54, 1.807) is 0 Å². The number of carbonyl (C=O) groups excluding carboxylic acids is 1. The van der Waals surface area contributed by atoms with Crippen molar-refractivity contribution < 1.29 is 17.9 Å². The first kappa shape index (κ1) is 22.3. The average Bonchev–Trinajstić information content (AvgIpc) is 2.76. The lowest BCUT2D eigenvalue weighted by Crippen LogP contribution is -2.42. The molecule has 2 aromatic rings. The molecule has 1 heterocycles. The van der Waals surface area contributed by atoms with Gasteiger partial charge in [0, 0.05) is 19.0 Å². The number of rotatable bonds is 9. The van der Waals surface area contributed by atoms with Gasteiger partial charge in [-0.3, -0.25) is 4.79 Å². The highest BCUT2D eigenvalue weighted by atomic mass is 32.2. The van der Waals surface area contributed by atoms with E-state index in [-0.39, 0.29) is 17.6 Å². The van der Waals surface area contributed by atoms with Crippen LogP contribution in [-0.2, 0) is 21.2 Å². The predicted molar refractivity (Wildman–Crippen MR) is 119 cm³/mol. The Morgan fingerprint density at radius 2 is 1.73 bits per heavy atom. The molecule has 1 amide bonds. The molecule has 0 bridgehead atoms. The van der Waals surface area contributed by atoms with Crippen molar-refractivity contribution in [3.8, 4) is 5.75 Å². The minimum absolute atomic E-state index is 0.0803. The van der Waals surface area contributed by atoms with E-state index in [1.165, 1.54) is 4.31 Å². The van der Waals surface area contributed by atoms with Gasteiger partial charge in [-0.15, -0.1) is 0 Å². The van der Waals surface area contributed by atoms with Gasteiger partial charge in [0.05, 0.1) is 18.0 Å². The number of aryl methyl sites for hydroxylation is 1. The molecule has 0 aromatic heterocycles. The normalized spacial score (nSPS) is 15.6. The minimum Gasteiger partial charge on any atom is -0.492 e. The monoisotopic (exact) mass is 430 g/mol. The third kappa shape index (κ3) is 6.06. The van der Waals surface area contributed by atoms with Crippen molar-refractivity contribution in [2.24, 2.45) is 5.92 Å². The van der Waals surface area contributed by atoms with Crippen molar-refractivity contribution in [2.45, 2.75) is 32.6 Å². The third-order valence-corrected chi connectivity index (χ3v) is 7.33. The van der Waals surface area contributed by atoms with Crippen molar-refractivity contribution in [1.82, 2.24) is 4.31 Å². The zero-order valence-corrected chi connectivity index (χ0v) is 18.2. The Morgan fingerprint density at radius 1 is 1.07 bits per heavy atom. The number of hydrogen-bond acceptors (Lipinski definition) is 4. The van der Waals surface area contributed by atoms with E-state index >= 15 is 0 Å². The molecule has 1 aliphatic heterocycles. The molecular weight excluding hydrogens is 400 g/mol. The lowest BCUT2D eigenvalue weighted by Gasteiger charge is -2.30. The van der Waals surface area contributed by atoms with Gasteiger partial charge in [-0.2, -0.15) is 0 Å². The van der Waals surface area contributed by atoms with Crippen molar-refractivity contribution in [2.75, 3.05) is 30.8 Å². The molecule has 0 saturated carbocycles. The van der Waals surface area contributed by atoms with E-state index in [4.69, 9.17) is 4.74 Å². The number of anilines is 1. The van der Waals surface area contributed by atoms with E-state index in [1.807, 2.05) is 61.5 Å². The summed E-state index contributed by atoms with van der Waals surface area (Å²) in [5.41, 5.74) is 1.80. The Labute approximate surface area is 179 Å².